The zero-order chi connectivity index (χ0) is 15.5. The van der Waals surface area contributed by atoms with Crippen molar-refractivity contribution in [3.63, 3.8) is 0 Å². The van der Waals surface area contributed by atoms with Gasteiger partial charge in [-0.3, -0.25) is 4.79 Å². The first kappa shape index (κ1) is 16.1. The van der Waals surface area contributed by atoms with E-state index in [0.717, 1.165) is 29.2 Å². The van der Waals surface area contributed by atoms with Crippen LogP contribution < -0.4 is 15.4 Å². The second-order valence-electron chi connectivity index (χ2n) is 4.98. The third kappa shape index (κ3) is 4.89. The van der Waals surface area contributed by atoms with E-state index in [1.54, 1.807) is 13.0 Å². The summed E-state index contributed by atoms with van der Waals surface area (Å²) in [6.07, 6.45) is -3.54. The number of ether oxygens (including phenoxy) is 1. The molecule has 2 atom stereocenters. The van der Waals surface area contributed by atoms with Crippen molar-refractivity contribution in [3.05, 3.63) is 17.0 Å². The fraction of sp³-hybridized carbons (Fsp3) is 0.615. The molecule has 0 bridgehead atoms. The van der Waals surface area contributed by atoms with Crippen LogP contribution in [0.1, 0.15) is 24.3 Å². The monoisotopic (exact) mass is 322 g/mol. The van der Waals surface area contributed by atoms with Gasteiger partial charge in [-0.05, 0) is 32.0 Å². The lowest BCUT2D eigenvalue weighted by atomic mass is 10.1. The molecular weight excluding hydrogens is 305 g/mol. The minimum absolute atomic E-state index is 0.0290. The van der Waals surface area contributed by atoms with Crippen LogP contribution in [0.5, 0.6) is 5.06 Å². The van der Waals surface area contributed by atoms with E-state index in [1.165, 1.54) is 6.07 Å². The minimum atomic E-state index is -4.35. The molecule has 0 aliphatic carbocycles. The van der Waals surface area contributed by atoms with Gasteiger partial charge in [-0.1, -0.05) is 0 Å². The molecule has 1 aliphatic rings. The second-order valence-corrected chi connectivity index (χ2v) is 6.06. The quantitative estimate of drug-likeness (QED) is 0.876. The summed E-state index contributed by atoms with van der Waals surface area (Å²) in [5.74, 6) is -0.0629. The van der Waals surface area contributed by atoms with E-state index in [2.05, 4.69) is 15.4 Å². The first-order valence-electron chi connectivity index (χ1n) is 6.65. The highest BCUT2D eigenvalue weighted by molar-refractivity contribution is 7.13. The third-order valence-corrected chi connectivity index (χ3v) is 4.38. The normalized spacial score (nSPS) is 20.3. The van der Waals surface area contributed by atoms with Crippen LogP contribution in [0.4, 0.5) is 13.2 Å². The van der Waals surface area contributed by atoms with Crippen LogP contribution in [-0.2, 0) is 4.79 Å². The van der Waals surface area contributed by atoms with Crippen molar-refractivity contribution in [3.8, 4) is 5.06 Å². The number of carbonyl (C=O) groups is 1. The van der Waals surface area contributed by atoms with Gasteiger partial charge in [0.15, 0.2) is 11.7 Å². The number of carbonyl (C=O) groups excluding carboxylic acids is 1. The van der Waals surface area contributed by atoms with Crippen molar-refractivity contribution in [2.45, 2.75) is 25.6 Å². The topological polar surface area (TPSA) is 50.4 Å². The van der Waals surface area contributed by atoms with E-state index in [1.807, 2.05) is 0 Å². The van der Waals surface area contributed by atoms with Gasteiger partial charge in [0.05, 0.1) is 12.0 Å². The summed E-state index contributed by atoms with van der Waals surface area (Å²) in [4.78, 5) is 12.7. The van der Waals surface area contributed by atoms with E-state index < -0.39 is 12.8 Å². The molecule has 2 N–H and O–H groups in total. The molecule has 2 heterocycles. The van der Waals surface area contributed by atoms with Crippen LogP contribution in [0.2, 0.25) is 0 Å². The number of hydrogen-bond donors (Lipinski definition) is 2. The Hall–Kier alpha value is -1.28. The van der Waals surface area contributed by atoms with Gasteiger partial charge in [0, 0.05) is 11.4 Å². The van der Waals surface area contributed by atoms with E-state index in [-0.39, 0.29) is 22.9 Å². The molecule has 1 amide bonds. The van der Waals surface area contributed by atoms with Crippen LogP contribution in [0.25, 0.3) is 0 Å². The summed E-state index contributed by atoms with van der Waals surface area (Å²) in [6.45, 7) is 2.00. The molecule has 8 heteroatoms. The summed E-state index contributed by atoms with van der Waals surface area (Å²) in [6, 6.07) is 2.92. The van der Waals surface area contributed by atoms with Gasteiger partial charge in [-0.15, -0.1) is 11.3 Å². The molecule has 118 valence electrons. The van der Waals surface area contributed by atoms with Crippen molar-refractivity contribution in [1.82, 2.24) is 10.6 Å². The van der Waals surface area contributed by atoms with Gasteiger partial charge in [0.1, 0.15) is 0 Å². The van der Waals surface area contributed by atoms with Gasteiger partial charge in [0.2, 0.25) is 5.91 Å². The molecule has 0 radical (unpaired) electrons. The number of thiophene rings is 1. The number of alkyl halides is 3. The molecule has 4 nitrogen and oxygen atoms in total. The predicted octanol–water partition coefficient (Wildman–Crippen LogP) is 2.48. The van der Waals surface area contributed by atoms with E-state index in [0.29, 0.717) is 6.54 Å². The Bertz CT molecular complexity index is 484. The van der Waals surface area contributed by atoms with Crippen LogP contribution in [0.3, 0.4) is 0 Å². The molecule has 1 fully saturated rings. The summed E-state index contributed by atoms with van der Waals surface area (Å²) in [5, 5.41) is 6.19. The second kappa shape index (κ2) is 6.65. The molecule has 0 spiro atoms. The summed E-state index contributed by atoms with van der Waals surface area (Å²) in [5.41, 5.74) is 0. The Labute approximate surface area is 124 Å². The van der Waals surface area contributed by atoms with Crippen LogP contribution >= 0.6 is 11.3 Å². The number of halogens is 3. The fourth-order valence-corrected chi connectivity index (χ4v) is 2.94. The highest BCUT2D eigenvalue weighted by Gasteiger charge is 2.29. The minimum Gasteiger partial charge on any atom is -0.475 e. The number of amides is 1. The molecule has 1 saturated heterocycles. The lowest BCUT2D eigenvalue weighted by Gasteiger charge is -2.15. The largest absolute Gasteiger partial charge is 0.475 e. The zero-order valence-corrected chi connectivity index (χ0v) is 12.3. The summed E-state index contributed by atoms with van der Waals surface area (Å²) in [7, 11) is 0. The van der Waals surface area contributed by atoms with Gasteiger partial charge in [-0.25, -0.2) is 0 Å². The van der Waals surface area contributed by atoms with Crippen molar-refractivity contribution < 1.29 is 22.7 Å². The Morgan fingerprint density at radius 2 is 2.33 bits per heavy atom. The Balaban J connectivity index is 1.86. The van der Waals surface area contributed by atoms with Crippen LogP contribution in [0.15, 0.2) is 12.1 Å². The van der Waals surface area contributed by atoms with Gasteiger partial charge < -0.3 is 15.4 Å². The summed E-state index contributed by atoms with van der Waals surface area (Å²) < 4.78 is 40.9. The fourth-order valence-electron chi connectivity index (χ4n) is 2.08. The van der Waals surface area contributed by atoms with Crippen LogP contribution in [-0.4, -0.2) is 31.8 Å². The Morgan fingerprint density at radius 3 is 2.95 bits per heavy atom. The number of hydrogen-bond acceptors (Lipinski definition) is 4. The van der Waals surface area contributed by atoms with Crippen molar-refractivity contribution in [2.75, 3.05) is 19.7 Å². The van der Waals surface area contributed by atoms with Gasteiger partial charge in [0.25, 0.3) is 0 Å². The maximum Gasteiger partial charge on any atom is 0.422 e. The van der Waals surface area contributed by atoms with Gasteiger partial charge in [-0.2, -0.15) is 13.2 Å². The molecule has 0 aromatic carbocycles. The SMILES string of the molecule is C[C@@H](NC(=O)[C@@H]1CCNC1)c1ccc(OCC(F)(F)F)s1. The molecular formula is C13H17F3N2O2S. The highest BCUT2D eigenvalue weighted by atomic mass is 32.1. The predicted molar refractivity (Wildman–Crippen MR) is 73.4 cm³/mol. The Morgan fingerprint density at radius 1 is 1.57 bits per heavy atom. The lowest BCUT2D eigenvalue weighted by molar-refractivity contribution is -0.152. The molecule has 2 rings (SSSR count). The average molecular weight is 322 g/mol. The smallest absolute Gasteiger partial charge is 0.422 e. The Kier molecular flexibility index (Phi) is 5.10. The molecule has 0 saturated carbocycles. The van der Waals surface area contributed by atoms with Crippen molar-refractivity contribution >= 4 is 17.2 Å². The van der Waals surface area contributed by atoms with E-state index in [9.17, 15) is 18.0 Å². The molecule has 1 aromatic heterocycles. The number of nitrogens with one attached hydrogen (secondary N) is 2. The lowest BCUT2D eigenvalue weighted by Crippen LogP contribution is -2.33. The van der Waals surface area contributed by atoms with Crippen molar-refractivity contribution in [2.24, 2.45) is 5.92 Å². The first-order valence-corrected chi connectivity index (χ1v) is 7.47. The van der Waals surface area contributed by atoms with E-state index >= 15 is 0 Å². The highest BCUT2D eigenvalue weighted by Crippen LogP contribution is 2.30. The average Bonchev–Trinajstić information content (AvgIpc) is 3.07. The van der Waals surface area contributed by atoms with Crippen LogP contribution in [0, 0.1) is 5.92 Å². The summed E-state index contributed by atoms with van der Waals surface area (Å²) >= 11 is 1.11. The van der Waals surface area contributed by atoms with E-state index in [4.69, 9.17) is 0 Å². The maximum absolute atomic E-state index is 12.1. The first-order chi connectivity index (χ1) is 9.85. The number of rotatable bonds is 5. The van der Waals surface area contributed by atoms with Gasteiger partial charge >= 0.3 is 6.18 Å². The molecule has 1 aliphatic heterocycles. The standard InChI is InChI=1S/C13H17F3N2O2S/c1-8(18-12(19)9-4-5-17-6-9)10-2-3-11(21-10)20-7-13(14,15)16/h2-3,8-9,17H,4-7H2,1H3,(H,18,19)/t8-,9-/m1/s1. The molecule has 0 unspecified atom stereocenters. The molecule has 1 aromatic rings. The van der Waals surface area contributed by atoms with Crippen molar-refractivity contribution in [1.29, 1.82) is 0 Å². The maximum atomic E-state index is 12.1. The zero-order valence-electron chi connectivity index (χ0n) is 11.5. The molecule has 21 heavy (non-hydrogen) atoms. The third-order valence-electron chi connectivity index (χ3n) is 3.20.